The van der Waals surface area contributed by atoms with Crippen LogP contribution in [-0.2, 0) is 13.0 Å². The van der Waals surface area contributed by atoms with Crippen LogP contribution in [0.15, 0.2) is 42.6 Å². The van der Waals surface area contributed by atoms with Gasteiger partial charge in [0.2, 0.25) is 0 Å². The van der Waals surface area contributed by atoms with Gasteiger partial charge in [0, 0.05) is 48.2 Å². The Kier molecular flexibility index (Phi) is 6.95. The second-order valence-corrected chi connectivity index (χ2v) is 9.38. The maximum Gasteiger partial charge on any atom is 0.119 e. The van der Waals surface area contributed by atoms with Crippen LogP contribution < -0.4 is 4.74 Å². The Morgan fingerprint density at radius 1 is 1.12 bits per heavy atom. The highest BCUT2D eigenvalue weighted by molar-refractivity contribution is 5.32. The van der Waals surface area contributed by atoms with Crippen molar-refractivity contribution in [3.05, 3.63) is 76.4 Å². The SMILES string of the molecule is COc1cccc(Cc2ccc([C@H]3CCCN(Cc4c(C)nn(C(C)C)c4C)C3)nc2)c1. The summed E-state index contributed by atoms with van der Waals surface area (Å²) in [5, 5.41) is 4.78. The molecule has 0 unspecified atom stereocenters. The first-order valence-corrected chi connectivity index (χ1v) is 11.8. The number of piperidine rings is 1. The van der Waals surface area contributed by atoms with Crippen LogP contribution in [0.3, 0.4) is 0 Å². The zero-order valence-electron chi connectivity index (χ0n) is 20.1. The third kappa shape index (κ3) is 5.04. The van der Waals surface area contributed by atoms with Crippen molar-refractivity contribution in [1.29, 1.82) is 0 Å². The second-order valence-electron chi connectivity index (χ2n) is 9.38. The second kappa shape index (κ2) is 9.86. The van der Waals surface area contributed by atoms with E-state index >= 15 is 0 Å². The largest absolute Gasteiger partial charge is 0.497 e. The molecule has 170 valence electrons. The van der Waals surface area contributed by atoms with Gasteiger partial charge in [-0.3, -0.25) is 14.6 Å². The molecule has 1 saturated heterocycles. The number of nitrogens with zero attached hydrogens (tertiary/aromatic N) is 4. The summed E-state index contributed by atoms with van der Waals surface area (Å²) in [5.41, 5.74) is 7.56. The molecule has 0 bridgehead atoms. The Hall–Kier alpha value is -2.66. The molecule has 0 spiro atoms. The molecule has 0 amide bonds. The van der Waals surface area contributed by atoms with E-state index in [1.165, 1.54) is 46.6 Å². The third-order valence-corrected chi connectivity index (χ3v) is 6.66. The number of aromatic nitrogens is 3. The standard InChI is InChI=1S/C27H36N4O/c1-19(2)31-21(4)26(20(3)29-31)18-30-13-7-9-24(17-30)27-12-11-23(16-28-27)14-22-8-6-10-25(15-22)32-5/h6,8,10-12,15-16,19,24H,7,9,13-14,17-18H2,1-5H3/t24-/m0/s1. The van der Waals surface area contributed by atoms with Crippen LogP contribution in [0, 0.1) is 13.8 Å². The summed E-state index contributed by atoms with van der Waals surface area (Å²) in [6.45, 7) is 11.9. The summed E-state index contributed by atoms with van der Waals surface area (Å²) in [5.74, 6) is 1.40. The first-order chi connectivity index (χ1) is 15.4. The Morgan fingerprint density at radius 2 is 1.97 bits per heavy atom. The van der Waals surface area contributed by atoms with Gasteiger partial charge in [-0.05, 0) is 82.8 Å². The number of pyridine rings is 1. The average molecular weight is 433 g/mol. The highest BCUT2D eigenvalue weighted by Crippen LogP contribution is 2.28. The lowest BCUT2D eigenvalue weighted by Gasteiger charge is -2.32. The van der Waals surface area contributed by atoms with Crippen molar-refractivity contribution in [3.63, 3.8) is 0 Å². The molecule has 1 aliphatic rings. The molecule has 5 heteroatoms. The molecule has 1 aliphatic heterocycles. The van der Waals surface area contributed by atoms with E-state index in [0.29, 0.717) is 12.0 Å². The molecular formula is C27H36N4O. The van der Waals surface area contributed by atoms with Gasteiger partial charge in [0.1, 0.15) is 5.75 Å². The van der Waals surface area contributed by atoms with Gasteiger partial charge >= 0.3 is 0 Å². The van der Waals surface area contributed by atoms with E-state index in [2.05, 4.69) is 67.7 Å². The van der Waals surface area contributed by atoms with E-state index in [4.69, 9.17) is 14.8 Å². The molecule has 2 aromatic heterocycles. The fourth-order valence-corrected chi connectivity index (χ4v) is 4.89. The Bertz CT molecular complexity index is 1040. The van der Waals surface area contributed by atoms with Crippen molar-refractivity contribution >= 4 is 0 Å². The van der Waals surface area contributed by atoms with Gasteiger partial charge in [-0.25, -0.2) is 0 Å². The normalized spacial score (nSPS) is 17.1. The minimum Gasteiger partial charge on any atom is -0.497 e. The number of rotatable bonds is 7. The van der Waals surface area contributed by atoms with E-state index in [1.807, 2.05) is 12.1 Å². The van der Waals surface area contributed by atoms with Crippen LogP contribution in [0.5, 0.6) is 5.75 Å². The molecule has 3 aromatic rings. The number of hydrogen-bond donors (Lipinski definition) is 0. The highest BCUT2D eigenvalue weighted by Gasteiger charge is 2.24. The lowest BCUT2D eigenvalue weighted by Crippen LogP contribution is -2.34. The number of benzene rings is 1. The Balaban J connectivity index is 1.41. The molecule has 0 radical (unpaired) electrons. The van der Waals surface area contributed by atoms with E-state index < -0.39 is 0 Å². The summed E-state index contributed by atoms with van der Waals surface area (Å²) < 4.78 is 7.51. The first-order valence-electron chi connectivity index (χ1n) is 11.8. The van der Waals surface area contributed by atoms with Crippen molar-refractivity contribution in [2.75, 3.05) is 20.2 Å². The van der Waals surface area contributed by atoms with Crippen molar-refractivity contribution in [2.24, 2.45) is 0 Å². The van der Waals surface area contributed by atoms with Gasteiger partial charge in [0.15, 0.2) is 0 Å². The fourth-order valence-electron chi connectivity index (χ4n) is 4.89. The van der Waals surface area contributed by atoms with Gasteiger partial charge in [0.25, 0.3) is 0 Å². The predicted octanol–water partition coefficient (Wildman–Crippen LogP) is 5.45. The molecule has 0 aliphatic carbocycles. The van der Waals surface area contributed by atoms with Gasteiger partial charge in [-0.1, -0.05) is 18.2 Å². The van der Waals surface area contributed by atoms with Crippen molar-refractivity contribution < 1.29 is 4.74 Å². The molecule has 32 heavy (non-hydrogen) atoms. The summed E-state index contributed by atoms with van der Waals surface area (Å²) in [6.07, 6.45) is 5.35. The van der Waals surface area contributed by atoms with Crippen LogP contribution in [-0.4, -0.2) is 39.9 Å². The van der Waals surface area contributed by atoms with Crippen LogP contribution in [0.4, 0.5) is 0 Å². The number of aryl methyl sites for hydroxylation is 1. The van der Waals surface area contributed by atoms with Crippen molar-refractivity contribution in [1.82, 2.24) is 19.7 Å². The van der Waals surface area contributed by atoms with Gasteiger partial charge < -0.3 is 4.74 Å². The van der Waals surface area contributed by atoms with Crippen LogP contribution in [0.25, 0.3) is 0 Å². The highest BCUT2D eigenvalue weighted by atomic mass is 16.5. The molecular weight excluding hydrogens is 396 g/mol. The average Bonchev–Trinajstić information content (AvgIpc) is 3.08. The zero-order chi connectivity index (χ0) is 22.7. The first kappa shape index (κ1) is 22.5. The van der Waals surface area contributed by atoms with E-state index in [1.54, 1.807) is 7.11 Å². The monoisotopic (exact) mass is 432 g/mol. The van der Waals surface area contributed by atoms with Gasteiger partial charge in [-0.15, -0.1) is 0 Å². The van der Waals surface area contributed by atoms with E-state index in [0.717, 1.165) is 31.8 Å². The summed E-state index contributed by atoms with van der Waals surface area (Å²) in [7, 11) is 1.71. The van der Waals surface area contributed by atoms with E-state index in [9.17, 15) is 0 Å². The lowest BCUT2D eigenvalue weighted by molar-refractivity contribution is 0.197. The lowest BCUT2D eigenvalue weighted by atomic mass is 9.93. The smallest absolute Gasteiger partial charge is 0.119 e. The quantitative estimate of drug-likeness (QED) is 0.498. The van der Waals surface area contributed by atoms with Gasteiger partial charge in [0.05, 0.1) is 12.8 Å². The summed E-state index contributed by atoms with van der Waals surface area (Å²) in [6, 6.07) is 13.1. The molecule has 0 N–H and O–H groups in total. The third-order valence-electron chi connectivity index (χ3n) is 6.66. The molecule has 0 saturated carbocycles. The predicted molar refractivity (Wildman–Crippen MR) is 129 cm³/mol. The molecule has 1 aromatic carbocycles. The number of likely N-dealkylation sites (tertiary alicyclic amines) is 1. The minimum absolute atomic E-state index is 0.399. The maximum atomic E-state index is 5.35. The Labute approximate surface area is 192 Å². The molecule has 1 atom stereocenters. The van der Waals surface area contributed by atoms with Crippen molar-refractivity contribution in [2.45, 2.75) is 65.5 Å². The molecule has 5 nitrogen and oxygen atoms in total. The Morgan fingerprint density at radius 3 is 2.66 bits per heavy atom. The number of methoxy groups -OCH3 is 1. The fraction of sp³-hybridized carbons (Fsp3) is 0.481. The summed E-state index contributed by atoms with van der Waals surface area (Å²) in [4.78, 5) is 7.46. The number of hydrogen-bond acceptors (Lipinski definition) is 4. The zero-order valence-corrected chi connectivity index (χ0v) is 20.1. The topological polar surface area (TPSA) is 43.2 Å². The van der Waals surface area contributed by atoms with Gasteiger partial charge in [-0.2, -0.15) is 5.10 Å². The molecule has 4 rings (SSSR count). The maximum absolute atomic E-state index is 5.35. The van der Waals surface area contributed by atoms with Crippen molar-refractivity contribution in [3.8, 4) is 5.75 Å². The van der Waals surface area contributed by atoms with Crippen LogP contribution in [0.2, 0.25) is 0 Å². The number of ether oxygens (including phenoxy) is 1. The summed E-state index contributed by atoms with van der Waals surface area (Å²) >= 11 is 0. The van der Waals surface area contributed by atoms with E-state index in [-0.39, 0.29) is 0 Å². The molecule has 3 heterocycles. The van der Waals surface area contributed by atoms with Crippen LogP contribution in [0.1, 0.15) is 72.4 Å². The molecule has 1 fully saturated rings. The minimum atomic E-state index is 0.399. The van der Waals surface area contributed by atoms with Crippen LogP contribution >= 0.6 is 0 Å².